The van der Waals surface area contributed by atoms with Gasteiger partial charge in [-0.3, -0.25) is 9.69 Å². The molecule has 7 heteroatoms. The Morgan fingerprint density at radius 3 is 3.10 bits per heavy atom. The lowest BCUT2D eigenvalue weighted by Gasteiger charge is -2.29. The molecule has 1 aromatic carbocycles. The molecule has 1 aromatic heterocycles. The van der Waals surface area contributed by atoms with Crippen molar-refractivity contribution in [3.05, 3.63) is 52.9 Å². The van der Waals surface area contributed by atoms with E-state index < -0.39 is 0 Å². The van der Waals surface area contributed by atoms with Crippen LogP contribution < -0.4 is 5.32 Å². The lowest BCUT2D eigenvalue weighted by atomic mass is 9.73. The fraction of sp³-hybridized carbons (Fsp3) is 0.545. The van der Waals surface area contributed by atoms with Crippen LogP contribution in [0.25, 0.3) is 0 Å². The van der Waals surface area contributed by atoms with Crippen LogP contribution in [0.4, 0.5) is 4.39 Å². The van der Waals surface area contributed by atoms with Crippen LogP contribution >= 0.6 is 0 Å². The lowest BCUT2D eigenvalue weighted by molar-refractivity contribution is 0.00203. The minimum atomic E-state index is -0.386. The minimum Gasteiger partial charge on any atom is -0.370 e. The largest absolute Gasteiger partial charge is 0.370 e. The second-order valence-corrected chi connectivity index (χ2v) is 8.84. The summed E-state index contributed by atoms with van der Waals surface area (Å²) in [7, 11) is 0. The number of fused-ring (bicyclic) bond motifs is 1. The number of halogens is 1. The molecule has 2 N–H and O–H groups in total. The van der Waals surface area contributed by atoms with E-state index in [-0.39, 0.29) is 23.4 Å². The lowest BCUT2D eigenvalue weighted by Crippen LogP contribution is -2.42. The van der Waals surface area contributed by atoms with Gasteiger partial charge in [0.1, 0.15) is 5.82 Å². The van der Waals surface area contributed by atoms with Crippen LogP contribution in [-0.4, -0.2) is 52.1 Å². The van der Waals surface area contributed by atoms with Gasteiger partial charge in [-0.05, 0) is 44.4 Å². The molecule has 5 rings (SSSR count). The number of aryl methyl sites for hydroxylation is 2. The highest BCUT2D eigenvalue weighted by Crippen LogP contribution is 2.54. The Balaban J connectivity index is 1.26. The molecular weight excluding hydrogens is 371 g/mol. The normalized spacial score (nSPS) is 30.7. The van der Waals surface area contributed by atoms with Gasteiger partial charge in [-0.2, -0.15) is 0 Å². The third-order valence-corrected chi connectivity index (χ3v) is 7.10. The van der Waals surface area contributed by atoms with Gasteiger partial charge < -0.3 is 15.0 Å². The first-order chi connectivity index (χ1) is 13.9. The molecule has 3 aliphatic heterocycles. The number of hydrogen-bond acceptors (Lipinski definition) is 4. The van der Waals surface area contributed by atoms with Gasteiger partial charge in [0.05, 0.1) is 23.7 Å². The molecule has 1 spiro atoms. The third kappa shape index (κ3) is 3.16. The van der Waals surface area contributed by atoms with E-state index in [0.29, 0.717) is 23.9 Å². The Hall–Kier alpha value is -2.25. The zero-order valence-corrected chi connectivity index (χ0v) is 16.9. The van der Waals surface area contributed by atoms with Gasteiger partial charge in [0.15, 0.2) is 0 Å². The van der Waals surface area contributed by atoms with E-state index in [4.69, 9.17) is 4.74 Å². The van der Waals surface area contributed by atoms with Crippen molar-refractivity contribution < 1.29 is 13.9 Å². The number of imidazole rings is 1. The van der Waals surface area contributed by atoms with Gasteiger partial charge in [-0.1, -0.05) is 6.07 Å². The standard InChI is InChI=1S/C22H27FN4O2/c1-13-3-4-15(23)7-16(13)21(28)24-8-17-18-9-27(10-19-14(2)25-12-26-19)11-22(18)6-5-20(17)29-22/h3-4,7,12,17-18,20H,5-6,8-11H2,1-2H3,(H,24,28)(H,25,26)/t17-,18+,20+,22+/m0/s1. The van der Waals surface area contributed by atoms with Crippen molar-refractivity contribution in [3.63, 3.8) is 0 Å². The molecule has 4 atom stereocenters. The van der Waals surface area contributed by atoms with Gasteiger partial charge in [0.25, 0.3) is 5.91 Å². The number of aromatic amines is 1. The van der Waals surface area contributed by atoms with Crippen LogP contribution in [0.15, 0.2) is 24.5 Å². The smallest absolute Gasteiger partial charge is 0.251 e. The van der Waals surface area contributed by atoms with Crippen molar-refractivity contribution in [1.82, 2.24) is 20.2 Å². The summed E-state index contributed by atoms with van der Waals surface area (Å²) < 4.78 is 20.0. The summed E-state index contributed by atoms with van der Waals surface area (Å²) in [5, 5.41) is 3.05. The zero-order valence-electron chi connectivity index (χ0n) is 16.9. The Morgan fingerprint density at radius 2 is 2.31 bits per heavy atom. The summed E-state index contributed by atoms with van der Waals surface area (Å²) in [5.74, 6) is 0.116. The number of ether oxygens (including phenoxy) is 1. The fourth-order valence-corrected chi connectivity index (χ4v) is 5.58. The molecule has 0 aliphatic carbocycles. The van der Waals surface area contributed by atoms with Crippen molar-refractivity contribution in [3.8, 4) is 0 Å². The second kappa shape index (κ2) is 6.92. The molecule has 0 saturated carbocycles. The highest BCUT2D eigenvalue weighted by molar-refractivity contribution is 5.95. The van der Waals surface area contributed by atoms with Crippen molar-refractivity contribution in [1.29, 1.82) is 0 Å². The highest BCUT2D eigenvalue weighted by Gasteiger charge is 2.62. The minimum absolute atomic E-state index is 0.0843. The number of benzene rings is 1. The first kappa shape index (κ1) is 18.8. The molecule has 2 aromatic rings. The maximum atomic E-state index is 13.6. The molecule has 3 aliphatic rings. The molecule has 6 nitrogen and oxygen atoms in total. The molecule has 2 bridgehead atoms. The van der Waals surface area contributed by atoms with Gasteiger partial charge in [-0.15, -0.1) is 0 Å². The number of carbonyl (C=O) groups excluding carboxylic acids is 1. The number of likely N-dealkylation sites (tertiary alicyclic amines) is 1. The summed E-state index contributed by atoms with van der Waals surface area (Å²) >= 11 is 0. The monoisotopic (exact) mass is 398 g/mol. The van der Waals surface area contributed by atoms with E-state index in [1.54, 1.807) is 12.4 Å². The van der Waals surface area contributed by atoms with Gasteiger partial charge >= 0.3 is 0 Å². The van der Waals surface area contributed by atoms with E-state index in [1.165, 1.54) is 12.1 Å². The van der Waals surface area contributed by atoms with Crippen LogP contribution in [0.3, 0.4) is 0 Å². The SMILES string of the molecule is Cc1ccc(F)cc1C(=O)NC[C@H]1[C@H]2CN(Cc3nc[nH]c3C)C[C@]23CC[C@H]1O3. The van der Waals surface area contributed by atoms with Crippen molar-refractivity contribution in [2.75, 3.05) is 19.6 Å². The summed E-state index contributed by atoms with van der Waals surface area (Å²) in [6, 6.07) is 4.34. The van der Waals surface area contributed by atoms with Crippen LogP contribution in [0.2, 0.25) is 0 Å². The molecule has 29 heavy (non-hydrogen) atoms. The maximum Gasteiger partial charge on any atom is 0.251 e. The van der Waals surface area contributed by atoms with Gasteiger partial charge in [-0.25, -0.2) is 9.37 Å². The quantitative estimate of drug-likeness (QED) is 0.812. The van der Waals surface area contributed by atoms with Crippen LogP contribution in [0.1, 0.15) is 40.2 Å². The molecule has 1 amide bonds. The van der Waals surface area contributed by atoms with E-state index in [9.17, 15) is 9.18 Å². The van der Waals surface area contributed by atoms with Crippen LogP contribution in [0, 0.1) is 31.5 Å². The van der Waals surface area contributed by atoms with Crippen molar-refractivity contribution in [2.45, 2.75) is 44.9 Å². The van der Waals surface area contributed by atoms with Crippen LogP contribution in [0.5, 0.6) is 0 Å². The summed E-state index contributed by atoms with van der Waals surface area (Å²) in [6.45, 7) is 7.16. The number of H-pyrrole nitrogens is 1. The first-order valence-electron chi connectivity index (χ1n) is 10.4. The van der Waals surface area contributed by atoms with E-state index in [2.05, 4.69) is 20.2 Å². The maximum absolute atomic E-state index is 13.6. The van der Waals surface area contributed by atoms with Crippen LogP contribution in [-0.2, 0) is 11.3 Å². The van der Waals surface area contributed by atoms with E-state index >= 15 is 0 Å². The summed E-state index contributed by atoms with van der Waals surface area (Å²) in [5.41, 5.74) is 3.30. The molecular formula is C22H27FN4O2. The highest BCUT2D eigenvalue weighted by atomic mass is 19.1. The molecule has 154 valence electrons. The fourth-order valence-electron chi connectivity index (χ4n) is 5.58. The number of nitrogens with zero attached hydrogens (tertiary/aromatic N) is 2. The number of amides is 1. The molecule has 3 saturated heterocycles. The van der Waals surface area contributed by atoms with E-state index in [1.807, 2.05) is 13.8 Å². The number of aromatic nitrogens is 2. The van der Waals surface area contributed by atoms with Crippen molar-refractivity contribution >= 4 is 5.91 Å². The van der Waals surface area contributed by atoms with Gasteiger partial charge in [0, 0.05) is 49.3 Å². The topological polar surface area (TPSA) is 70.2 Å². The second-order valence-electron chi connectivity index (χ2n) is 8.84. The average molecular weight is 398 g/mol. The Morgan fingerprint density at radius 1 is 1.45 bits per heavy atom. The first-order valence-corrected chi connectivity index (χ1v) is 10.4. The number of nitrogens with one attached hydrogen (secondary N) is 2. The predicted octanol–water partition coefficient (Wildman–Crippen LogP) is 2.58. The summed E-state index contributed by atoms with van der Waals surface area (Å²) in [6.07, 6.45) is 4.09. The Kier molecular flexibility index (Phi) is 4.47. The van der Waals surface area contributed by atoms with E-state index in [0.717, 1.165) is 49.4 Å². The molecule has 4 heterocycles. The number of carbonyl (C=O) groups is 1. The number of hydrogen-bond donors (Lipinski definition) is 2. The predicted molar refractivity (Wildman–Crippen MR) is 106 cm³/mol. The summed E-state index contributed by atoms with van der Waals surface area (Å²) in [4.78, 5) is 22.7. The average Bonchev–Trinajstić information content (AvgIpc) is 3.43. The molecule has 0 radical (unpaired) electrons. The van der Waals surface area contributed by atoms with Gasteiger partial charge in [0.2, 0.25) is 0 Å². The van der Waals surface area contributed by atoms with Crippen molar-refractivity contribution in [2.24, 2.45) is 11.8 Å². The molecule has 3 fully saturated rings. The zero-order chi connectivity index (χ0) is 20.2. The third-order valence-electron chi connectivity index (χ3n) is 7.10. The number of rotatable bonds is 5. The Bertz CT molecular complexity index is 945. The molecule has 0 unspecified atom stereocenters. The Labute approximate surface area is 169 Å².